The van der Waals surface area contributed by atoms with E-state index in [9.17, 15) is 8.78 Å². The Kier molecular flexibility index (Phi) is 3.65. The zero-order valence-electron chi connectivity index (χ0n) is 7.40. The number of hydrogen-bond donors (Lipinski definition) is 1. The molecule has 0 saturated heterocycles. The summed E-state index contributed by atoms with van der Waals surface area (Å²) in [6, 6.07) is 0. The van der Waals surface area contributed by atoms with Crippen LogP contribution in [0.4, 0.5) is 8.78 Å². The molecule has 7 heteroatoms. The highest BCUT2D eigenvalue weighted by molar-refractivity contribution is 9.13. The molecule has 0 atom stereocenters. The van der Waals surface area contributed by atoms with Crippen LogP contribution in [0.1, 0.15) is 5.82 Å². The fraction of sp³-hybridized carbons (Fsp3) is 0.571. The highest BCUT2D eigenvalue weighted by Gasteiger charge is 2.29. The van der Waals surface area contributed by atoms with Gasteiger partial charge in [0.2, 0.25) is 0 Å². The van der Waals surface area contributed by atoms with Gasteiger partial charge in [0.15, 0.2) is 0 Å². The van der Waals surface area contributed by atoms with Gasteiger partial charge in [-0.3, -0.25) is 0 Å². The van der Waals surface area contributed by atoms with Crippen molar-refractivity contribution in [3.8, 4) is 0 Å². The lowest BCUT2D eigenvalue weighted by atomic mass is 10.3. The van der Waals surface area contributed by atoms with Gasteiger partial charge in [-0.15, -0.1) is 0 Å². The van der Waals surface area contributed by atoms with Gasteiger partial charge in [0.05, 0.1) is 13.1 Å². The Morgan fingerprint density at radius 2 is 2.07 bits per heavy atom. The molecule has 0 bridgehead atoms. The zero-order valence-corrected chi connectivity index (χ0v) is 10.6. The minimum absolute atomic E-state index is 0.464. The van der Waals surface area contributed by atoms with Crippen molar-refractivity contribution in [2.24, 2.45) is 5.73 Å². The van der Waals surface area contributed by atoms with E-state index in [4.69, 9.17) is 5.73 Å². The number of nitrogens with two attached hydrogens (primary N) is 1. The Bertz CT molecular complexity index is 338. The standard InChI is InChI=1S/C7H9Br2F2N3/c1-4-13-5(8)6(9)14(4)3-7(10,11)2-12/h2-3,12H2,1H3. The number of nitrogens with zero attached hydrogens (tertiary/aromatic N) is 2. The molecular formula is C7H9Br2F2N3. The van der Waals surface area contributed by atoms with Gasteiger partial charge in [-0.05, 0) is 38.8 Å². The Morgan fingerprint density at radius 1 is 1.50 bits per heavy atom. The van der Waals surface area contributed by atoms with E-state index in [0.717, 1.165) is 0 Å². The first kappa shape index (κ1) is 12.1. The molecule has 0 aromatic carbocycles. The van der Waals surface area contributed by atoms with Gasteiger partial charge in [-0.25, -0.2) is 13.8 Å². The molecule has 0 aliphatic carbocycles. The number of halogens is 4. The number of aryl methyl sites for hydroxylation is 1. The highest BCUT2D eigenvalue weighted by atomic mass is 79.9. The Hall–Kier alpha value is -0.0100. The summed E-state index contributed by atoms with van der Waals surface area (Å²) in [5, 5.41) is 0. The van der Waals surface area contributed by atoms with Gasteiger partial charge in [0, 0.05) is 0 Å². The van der Waals surface area contributed by atoms with Crippen molar-refractivity contribution >= 4 is 31.9 Å². The lowest BCUT2D eigenvalue weighted by Crippen LogP contribution is -2.33. The Labute approximate surface area is 96.9 Å². The molecule has 0 unspecified atom stereocenters. The second kappa shape index (κ2) is 4.24. The van der Waals surface area contributed by atoms with Gasteiger partial charge >= 0.3 is 0 Å². The van der Waals surface area contributed by atoms with Crippen LogP contribution in [0.25, 0.3) is 0 Å². The van der Waals surface area contributed by atoms with E-state index in [-0.39, 0.29) is 0 Å². The van der Waals surface area contributed by atoms with Crippen molar-refractivity contribution < 1.29 is 8.78 Å². The first-order chi connectivity index (χ1) is 6.37. The van der Waals surface area contributed by atoms with Crippen LogP contribution in [0.2, 0.25) is 0 Å². The average molecular weight is 333 g/mol. The summed E-state index contributed by atoms with van der Waals surface area (Å²) in [7, 11) is 0. The monoisotopic (exact) mass is 331 g/mol. The third-order valence-electron chi connectivity index (χ3n) is 1.75. The first-order valence-electron chi connectivity index (χ1n) is 3.83. The quantitative estimate of drug-likeness (QED) is 0.923. The summed E-state index contributed by atoms with van der Waals surface area (Å²) in [5.41, 5.74) is 4.95. The van der Waals surface area contributed by atoms with Crippen LogP contribution in [-0.2, 0) is 6.54 Å². The van der Waals surface area contributed by atoms with Crippen LogP contribution in [0.5, 0.6) is 0 Å². The molecule has 0 radical (unpaired) electrons. The molecular weight excluding hydrogens is 324 g/mol. The SMILES string of the molecule is Cc1nc(Br)c(Br)n1CC(F)(F)CN. The largest absolute Gasteiger partial charge is 0.325 e. The summed E-state index contributed by atoms with van der Waals surface area (Å²) in [6.07, 6.45) is 0. The molecule has 80 valence electrons. The molecule has 0 aliphatic heterocycles. The fourth-order valence-electron chi connectivity index (χ4n) is 0.982. The summed E-state index contributed by atoms with van der Waals surface area (Å²) in [5.74, 6) is -2.40. The molecule has 0 spiro atoms. The second-order valence-corrected chi connectivity index (χ2v) is 4.39. The maximum Gasteiger partial charge on any atom is 0.277 e. The number of aromatic nitrogens is 2. The molecule has 0 aliphatic rings. The zero-order chi connectivity index (χ0) is 10.9. The fourth-order valence-corrected chi connectivity index (χ4v) is 1.92. The van der Waals surface area contributed by atoms with Crippen molar-refractivity contribution in [3.05, 3.63) is 15.0 Å². The summed E-state index contributed by atoms with van der Waals surface area (Å²) < 4.78 is 28.4. The van der Waals surface area contributed by atoms with Gasteiger partial charge < -0.3 is 10.3 Å². The average Bonchev–Trinajstić information content (AvgIpc) is 2.32. The van der Waals surface area contributed by atoms with E-state index >= 15 is 0 Å². The molecule has 0 saturated carbocycles. The molecule has 14 heavy (non-hydrogen) atoms. The lowest BCUT2D eigenvalue weighted by molar-refractivity contribution is -0.00770. The van der Waals surface area contributed by atoms with Crippen LogP contribution in [0.15, 0.2) is 9.21 Å². The molecule has 0 amide bonds. The van der Waals surface area contributed by atoms with Gasteiger partial charge in [-0.1, -0.05) is 0 Å². The lowest BCUT2D eigenvalue weighted by Gasteiger charge is -2.16. The van der Waals surface area contributed by atoms with E-state index in [2.05, 4.69) is 36.8 Å². The number of alkyl halides is 2. The van der Waals surface area contributed by atoms with Crippen molar-refractivity contribution in [3.63, 3.8) is 0 Å². The number of hydrogen-bond acceptors (Lipinski definition) is 2. The van der Waals surface area contributed by atoms with E-state index in [0.29, 0.717) is 15.0 Å². The Balaban J connectivity index is 2.97. The van der Waals surface area contributed by atoms with Gasteiger partial charge in [0.25, 0.3) is 5.92 Å². The van der Waals surface area contributed by atoms with Crippen LogP contribution < -0.4 is 5.73 Å². The van der Waals surface area contributed by atoms with Crippen LogP contribution in [0.3, 0.4) is 0 Å². The molecule has 2 N–H and O–H groups in total. The molecule has 3 nitrogen and oxygen atoms in total. The summed E-state index contributed by atoms with van der Waals surface area (Å²) in [4.78, 5) is 3.99. The maximum absolute atomic E-state index is 13.0. The minimum atomic E-state index is -2.91. The van der Waals surface area contributed by atoms with E-state index in [1.165, 1.54) is 4.57 Å². The first-order valence-corrected chi connectivity index (χ1v) is 5.42. The van der Waals surface area contributed by atoms with E-state index in [1.54, 1.807) is 6.92 Å². The van der Waals surface area contributed by atoms with Crippen LogP contribution in [0, 0.1) is 6.92 Å². The van der Waals surface area contributed by atoms with E-state index in [1.807, 2.05) is 0 Å². The van der Waals surface area contributed by atoms with Crippen molar-refractivity contribution in [2.45, 2.75) is 19.4 Å². The van der Waals surface area contributed by atoms with Crippen molar-refractivity contribution in [1.82, 2.24) is 9.55 Å². The molecule has 1 aromatic heterocycles. The normalized spacial score (nSPS) is 12.1. The van der Waals surface area contributed by atoms with Crippen molar-refractivity contribution in [1.29, 1.82) is 0 Å². The second-order valence-electron chi connectivity index (χ2n) is 2.89. The van der Waals surface area contributed by atoms with Crippen LogP contribution in [-0.4, -0.2) is 22.0 Å². The smallest absolute Gasteiger partial charge is 0.277 e. The van der Waals surface area contributed by atoms with Crippen molar-refractivity contribution in [2.75, 3.05) is 6.54 Å². The van der Waals surface area contributed by atoms with Crippen LogP contribution >= 0.6 is 31.9 Å². The maximum atomic E-state index is 13.0. The molecule has 0 fully saturated rings. The van der Waals surface area contributed by atoms with Gasteiger partial charge in [-0.2, -0.15) is 0 Å². The molecule has 1 aromatic rings. The summed E-state index contributed by atoms with van der Waals surface area (Å²) in [6.45, 7) is 0.519. The van der Waals surface area contributed by atoms with Gasteiger partial charge in [0.1, 0.15) is 15.0 Å². The predicted molar refractivity (Wildman–Crippen MR) is 56.4 cm³/mol. The number of rotatable bonds is 3. The summed E-state index contributed by atoms with van der Waals surface area (Å²) >= 11 is 6.30. The third-order valence-corrected chi connectivity index (χ3v) is 3.63. The minimum Gasteiger partial charge on any atom is -0.325 e. The molecule has 1 heterocycles. The third kappa shape index (κ3) is 2.52. The number of imidazole rings is 1. The topological polar surface area (TPSA) is 43.8 Å². The highest BCUT2D eigenvalue weighted by Crippen LogP contribution is 2.26. The molecule has 1 rings (SSSR count). The van der Waals surface area contributed by atoms with E-state index < -0.39 is 19.0 Å². The Morgan fingerprint density at radius 3 is 2.43 bits per heavy atom. The predicted octanol–water partition coefficient (Wildman–Crippen LogP) is 2.31.